The fourth-order valence-corrected chi connectivity index (χ4v) is 3.02. The van der Waals surface area contributed by atoms with Gasteiger partial charge in [0.25, 0.3) is 0 Å². The van der Waals surface area contributed by atoms with E-state index >= 15 is 0 Å². The highest BCUT2D eigenvalue weighted by Gasteiger charge is 2.14. The van der Waals surface area contributed by atoms with Crippen molar-refractivity contribution in [3.8, 4) is 34.7 Å². The smallest absolute Gasteiger partial charge is 0.320 e. The lowest BCUT2D eigenvalue weighted by Gasteiger charge is -2.13. The number of nitrogens with two attached hydrogens (primary N) is 1. The number of benzene rings is 1. The number of halogens is 2. The molecule has 2 aromatic heterocycles. The fraction of sp³-hybridized carbons (Fsp3) is 0.333. The molecule has 0 aliphatic carbocycles. The van der Waals surface area contributed by atoms with E-state index in [1.54, 1.807) is 18.3 Å². The van der Waals surface area contributed by atoms with Gasteiger partial charge in [-0.25, -0.2) is 9.97 Å². The topological polar surface area (TPSA) is 96.0 Å². The van der Waals surface area contributed by atoms with Crippen molar-refractivity contribution in [3.05, 3.63) is 47.1 Å². The van der Waals surface area contributed by atoms with Gasteiger partial charge in [-0.2, -0.15) is 9.97 Å². The first kappa shape index (κ1) is 23.8. The fourth-order valence-electron chi connectivity index (χ4n) is 2.82. The summed E-state index contributed by atoms with van der Waals surface area (Å²) in [5, 5.41) is 0.521. The quantitative estimate of drug-likeness (QED) is 0.531. The molecule has 1 atom stereocenters. The van der Waals surface area contributed by atoms with Crippen molar-refractivity contribution in [1.29, 1.82) is 0 Å². The van der Waals surface area contributed by atoms with Crippen LogP contribution in [0.15, 0.2) is 36.5 Å². The average Bonchev–Trinajstić information content (AvgIpc) is 2.74. The van der Waals surface area contributed by atoms with E-state index in [1.165, 1.54) is 7.11 Å². The number of rotatable bonds is 8. The Morgan fingerprint density at radius 2 is 1.87 bits per heavy atom. The summed E-state index contributed by atoms with van der Waals surface area (Å²) in [6, 6.07) is 9.37. The van der Waals surface area contributed by atoms with Crippen LogP contribution >= 0.6 is 24.0 Å². The summed E-state index contributed by atoms with van der Waals surface area (Å²) in [5.41, 5.74) is 8.06. The Balaban J connectivity index is 0.00000320. The highest BCUT2D eigenvalue weighted by molar-refractivity contribution is 6.33. The molecule has 0 fully saturated rings. The molecular weight excluding hydrogens is 425 g/mol. The van der Waals surface area contributed by atoms with E-state index in [-0.39, 0.29) is 24.5 Å². The van der Waals surface area contributed by atoms with E-state index < -0.39 is 0 Å². The highest BCUT2D eigenvalue weighted by atomic mass is 35.5. The van der Waals surface area contributed by atoms with Gasteiger partial charge in [0, 0.05) is 29.9 Å². The number of hydrogen-bond donors (Lipinski definition) is 1. The summed E-state index contributed by atoms with van der Waals surface area (Å²) in [4.78, 5) is 17.6. The maximum atomic E-state index is 6.37. The third kappa shape index (κ3) is 5.78. The molecule has 7 nitrogen and oxygen atoms in total. The van der Waals surface area contributed by atoms with Crippen molar-refractivity contribution in [2.24, 2.45) is 5.73 Å². The lowest BCUT2D eigenvalue weighted by Crippen LogP contribution is -2.11. The largest absolute Gasteiger partial charge is 0.475 e. The van der Waals surface area contributed by atoms with Crippen LogP contribution in [0.4, 0.5) is 0 Å². The molecule has 2 N–H and O–H groups in total. The summed E-state index contributed by atoms with van der Waals surface area (Å²) in [6.07, 6.45) is 3.81. The monoisotopic (exact) mass is 449 g/mol. The Kier molecular flexibility index (Phi) is 8.77. The minimum atomic E-state index is 0. The molecule has 3 aromatic rings. The van der Waals surface area contributed by atoms with Gasteiger partial charge >= 0.3 is 6.01 Å². The normalized spacial score (nSPS) is 11.5. The van der Waals surface area contributed by atoms with Crippen LogP contribution in [0.2, 0.25) is 5.02 Å². The Hall–Kier alpha value is -2.48. The van der Waals surface area contributed by atoms with Crippen LogP contribution in [0, 0.1) is 0 Å². The van der Waals surface area contributed by atoms with E-state index in [0.29, 0.717) is 40.2 Å². The van der Waals surface area contributed by atoms with Gasteiger partial charge in [0.15, 0.2) is 11.6 Å². The molecule has 1 unspecified atom stereocenters. The molecule has 0 spiro atoms. The van der Waals surface area contributed by atoms with Gasteiger partial charge in [0.05, 0.1) is 18.2 Å². The molecule has 160 valence electrons. The molecule has 9 heteroatoms. The molecule has 3 rings (SSSR count). The Labute approximate surface area is 187 Å². The second kappa shape index (κ2) is 11.1. The minimum absolute atomic E-state index is 0. The summed E-state index contributed by atoms with van der Waals surface area (Å²) in [6.45, 7) is 4.54. The van der Waals surface area contributed by atoms with Crippen LogP contribution in [-0.2, 0) is 6.54 Å². The molecule has 0 bridgehead atoms. The maximum Gasteiger partial charge on any atom is 0.320 e. The van der Waals surface area contributed by atoms with Gasteiger partial charge in [-0.1, -0.05) is 31.0 Å². The van der Waals surface area contributed by atoms with Gasteiger partial charge in [0.1, 0.15) is 0 Å². The van der Waals surface area contributed by atoms with E-state index in [4.69, 9.17) is 26.8 Å². The van der Waals surface area contributed by atoms with Crippen LogP contribution in [0.1, 0.15) is 32.3 Å². The van der Waals surface area contributed by atoms with Crippen molar-refractivity contribution < 1.29 is 9.47 Å². The molecule has 2 heterocycles. The van der Waals surface area contributed by atoms with Crippen molar-refractivity contribution in [2.45, 2.75) is 39.3 Å². The zero-order valence-corrected chi connectivity index (χ0v) is 18.7. The summed E-state index contributed by atoms with van der Waals surface area (Å²) in [5.74, 6) is 1.40. The van der Waals surface area contributed by atoms with Crippen molar-refractivity contribution in [2.75, 3.05) is 7.11 Å². The molecule has 0 aliphatic heterocycles. The maximum absolute atomic E-state index is 6.37. The Morgan fingerprint density at radius 1 is 1.10 bits per heavy atom. The number of nitrogens with zero attached hydrogens (tertiary/aromatic N) is 4. The summed E-state index contributed by atoms with van der Waals surface area (Å²) < 4.78 is 11.1. The van der Waals surface area contributed by atoms with E-state index in [1.807, 2.05) is 25.1 Å². The third-order valence-electron chi connectivity index (χ3n) is 4.32. The second-order valence-corrected chi connectivity index (χ2v) is 7.00. The number of pyridine rings is 1. The number of ether oxygens (including phenoxy) is 2. The second-order valence-electron chi connectivity index (χ2n) is 6.59. The van der Waals surface area contributed by atoms with Crippen molar-refractivity contribution in [3.63, 3.8) is 0 Å². The van der Waals surface area contributed by atoms with Crippen LogP contribution in [0.3, 0.4) is 0 Å². The molecule has 0 aliphatic rings. The predicted molar refractivity (Wildman–Crippen MR) is 120 cm³/mol. The van der Waals surface area contributed by atoms with Gasteiger partial charge in [-0.15, -0.1) is 12.4 Å². The first-order valence-electron chi connectivity index (χ1n) is 9.46. The lowest BCUT2D eigenvalue weighted by atomic mass is 10.1. The molecule has 0 radical (unpaired) electrons. The predicted octanol–water partition coefficient (Wildman–Crippen LogP) is 4.71. The zero-order chi connectivity index (χ0) is 20.8. The van der Waals surface area contributed by atoms with E-state index in [9.17, 15) is 0 Å². The zero-order valence-electron chi connectivity index (χ0n) is 17.1. The molecular formula is C21H25Cl2N5O2. The summed E-state index contributed by atoms with van der Waals surface area (Å²) in [7, 11) is 1.51. The van der Waals surface area contributed by atoms with Crippen LogP contribution in [0.25, 0.3) is 22.8 Å². The SMILES string of the molecule is CCCC(C)Oc1ccc(-c2nc(OC)nc(-c3cc(CN)ccc3Cl)n2)cn1.Cl. The Morgan fingerprint density at radius 3 is 2.50 bits per heavy atom. The van der Waals surface area contributed by atoms with Crippen LogP contribution < -0.4 is 15.2 Å². The van der Waals surface area contributed by atoms with Gasteiger partial charge < -0.3 is 15.2 Å². The lowest BCUT2D eigenvalue weighted by molar-refractivity contribution is 0.201. The van der Waals surface area contributed by atoms with Crippen molar-refractivity contribution in [1.82, 2.24) is 19.9 Å². The molecule has 0 saturated carbocycles. The highest BCUT2D eigenvalue weighted by Crippen LogP contribution is 2.29. The minimum Gasteiger partial charge on any atom is -0.475 e. The first-order valence-corrected chi connectivity index (χ1v) is 9.83. The third-order valence-corrected chi connectivity index (χ3v) is 4.65. The van der Waals surface area contributed by atoms with E-state index in [2.05, 4.69) is 26.9 Å². The molecule has 30 heavy (non-hydrogen) atoms. The number of aromatic nitrogens is 4. The van der Waals surface area contributed by atoms with Gasteiger partial charge in [-0.3, -0.25) is 0 Å². The summed E-state index contributed by atoms with van der Waals surface area (Å²) >= 11 is 6.37. The van der Waals surface area contributed by atoms with Crippen LogP contribution in [-0.4, -0.2) is 33.1 Å². The molecule has 1 aromatic carbocycles. The average molecular weight is 450 g/mol. The molecule has 0 saturated heterocycles. The number of methoxy groups -OCH3 is 1. The molecule has 0 amide bonds. The van der Waals surface area contributed by atoms with Crippen molar-refractivity contribution >= 4 is 24.0 Å². The first-order chi connectivity index (χ1) is 14.0. The van der Waals surface area contributed by atoms with E-state index in [0.717, 1.165) is 18.4 Å². The van der Waals surface area contributed by atoms with Gasteiger partial charge in [-0.05, 0) is 37.1 Å². The number of hydrogen-bond acceptors (Lipinski definition) is 7. The van der Waals surface area contributed by atoms with Gasteiger partial charge in [0.2, 0.25) is 5.88 Å². The standard InChI is InChI=1S/C21H24ClN5O2.ClH/c1-4-5-13(2)29-18-9-7-15(12-24-18)19-25-20(27-21(26-19)28-3)16-10-14(11-23)6-8-17(16)22;/h6-10,12-13H,4-5,11,23H2,1-3H3;1H. The van der Waals surface area contributed by atoms with Crippen LogP contribution in [0.5, 0.6) is 11.9 Å². The Bertz CT molecular complexity index is 970.